The molecule has 8 nitrogen and oxygen atoms in total. The third-order valence-electron chi connectivity index (χ3n) is 3.56. The second-order valence-electron chi connectivity index (χ2n) is 5.33. The highest BCUT2D eigenvalue weighted by atomic mass is 79.9. The number of carbonyl (C=O) groups is 2. The Bertz CT molecular complexity index is 1020. The lowest BCUT2D eigenvalue weighted by Crippen LogP contribution is -2.41. The van der Waals surface area contributed by atoms with Crippen LogP contribution in [-0.2, 0) is 11.3 Å². The van der Waals surface area contributed by atoms with E-state index in [2.05, 4.69) is 36.7 Å². The van der Waals surface area contributed by atoms with E-state index in [0.717, 1.165) is 3.79 Å². The highest BCUT2D eigenvalue weighted by molar-refractivity contribution is 9.11. The van der Waals surface area contributed by atoms with E-state index in [9.17, 15) is 9.59 Å². The molecule has 0 fully saturated rings. The minimum atomic E-state index is -0.435. The fraction of sp³-hybridized carbons (Fsp3) is 0.250. The Labute approximate surface area is 171 Å². The van der Waals surface area contributed by atoms with Crippen molar-refractivity contribution in [2.45, 2.75) is 13.5 Å². The largest absolute Gasteiger partial charge is 0.480 e. The highest BCUT2D eigenvalue weighted by Gasteiger charge is 2.21. The number of aryl methyl sites for hydroxylation is 1. The van der Waals surface area contributed by atoms with Gasteiger partial charge in [-0.3, -0.25) is 20.4 Å². The number of hydrogen-bond acceptors (Lipinski definition) is 8. The van der Waals surface area contributed by atoms with Gasteiger partial charge in [-0.05, 0) is 40.5 Å². The summed E-state index contributed by atoms with van der Waals surface area (Å²) in [6.07, 6.45) is 0. The second kappa shape index (κ2) is 8.30. The van der Waals surface area contributed by atoms with Crippen LogP contribution in [0, 0.1) is 6.92 Å². The molecule has 0 aliphatic rings. The first kappa shape index (κ1) is 19.7. The number of carbonyl (C=O) groups excluding carboxylic acids is 2. The molecule has 3 aromatic heterocycles. The Morgan fingerprint density at radius 3 is 2.52 bits per heavy atom. The van der Waals surface area contributed by atoms with E-state index in [1.807, 2.05) is 0 Å². The predicted octanol–water partition coefficient (Wildman–Crippen LogP) is 3.05. The highest BCUT2D eigenvalue weighted by Crippen LogP contribution is 2.35. The molecule has 0 bridgehead atoms. The summed E-state index contributed by atoms with van der Waals surface area (Å²) in [5.74, 6) is 0.0198. The molecule has 11 heteroatoms. The van der Waals surface area contributed by atoms with Gasteiger partial charge in [0.25, 0.3) is 11.8 Å². The van der Waals surface area contributed by atoms with Crippen molar-refractivity contribution in [1.82, 2.24) is 20.8 Å². The molecule has 0 radical (unpaired) electrons. The van der Waals surface area contributed by atoms with Crippen LogP contribution in [0.4, 0.5) is 0 Å². The van der Waals surface area contributed by atoms with Crippen LogP contribution in [0.2, 0.25) is 0 Å². The van der Waals surface area contributed by atoms with Gasteiger partial charge in [-0.25, -0.2) is 4.98 Å². The number of ether oxygens (including phenoxy) is 2. The number of thiophene rings is 2. The van der Waals surface area contributed by atoms with Gasteiger partial charge in [0.1, 0.15) is 11.4 Å². The molecule has 3 rings (SSSR count). The van der Waals surface area contributed by atoms with E-state index in [1.54, 1.807) is 26.2 Å². The molecule has 2 amide bonds. The number of fused-ring (bicyclic) bond motifs is 1. The molecule has 0 unspecified atom stereocenters. The van der Waals surface area contributed by atoms with Gasteiger partial charge in [0, 0.05) is 7.11 Å². The van der Waals surface area contributed by atoms with Crippen LogP contribution in [0.3, 0.4) is 0 Å². The molecule has 142 valence electrons. The number of hydrogen-bond donors (Lipinski definition) is 2. The van der Waals surface area contributed by atoms with Gasteiger partial charge >= 0.3 is 0 Å². The lowest BCUT2D eigenvalue weighted by molar-refractivity contribution is 0.0851. The van der Waals surface area contributed by atoms with E-state index in [1.165, 1.54) is 29.8 Å². The van der Waals surface area contributed by atoms with Crippen molar-refractivity contribution in [3.63, 3.8) is 0 Å². The third kappa shape index (κ3) is 4.10. The molecule has 0 aromatic carbocycles. The quantitative estimate of drug-likeness (QED) is 0.555. The topological polar surface area (TPSA) is 102 Å². The molecule has 2 N–H and O–H groups in total. The van der Waals surface area contributed by atoms with E-state index >= 15 is 0 Å². The molecule has 0 atom stereocenters. The minimum absolute atomic E-state index is 0.233. The van der Waals surface area contributed by atoms with Gasteiger partial charge < -0.3 is 9.47 Å². The standard InChI is InChI=1S/C16H15BrN4O4S2/c1-7-11-15(25-3)18-10(6-24-2)19-16(11)27-12(7)14(23)21-20-13(22)8-4-5-9(17)26-8/h4-5H,6H2,1-3H3,(H,20,22)(H,21,23). The van der Waals surface area contributed by atoms with Crippen molar-refractivity contribution in [1.29, 1.82) is 0 Å². The van der Waals surface area contributed by atoms with Crippen molar-refractivity contribution in [3.8, 4) is 5.88 Å². The number of halogens is 1. The fourth-order valence-corrected chi connectivity index (χ4v) is 4.74. The van der Waals surface area contributed by atoms with E-state index in [-0.39, 0.29) is 6.61 Å². The molecular weight excluding hydrogens is 456 g/mol. The smallest absolute Gasteiger partial charge is 0.280 e. The van der Waals surface area contributed by atoms with Gasteiger partial charge in [0.15, 0.2) is 5.82 Å². The first-order valence-electron chi connectivity index (χ1n) is 7.63. The van der Waals surface area contributed by atoms with Crippen molar-refractivity contribution >= 4 is 60.6 Å². The van der Waals surface area contributed by atoms with Crippen LogP contribution in [-0.4, -0.2) is 36.0 Å². The Kier molecular flexibility index (Phi) is 6.05. The number of amides is 2. The Morgan fingerprint density at radius 1 is 1.15 bits per heavy atom. The number of methoxy groups -OCH3 is 2. The summed E-state index contributed by atoms with van der Waals surface area (Å²) < 4.78 is 11.2. The minimum Gasteiger partial charge on any atom is -0.480 e. The van der Waals surface area contributed by atoms with E-state index in [0.29, 0.717) is 37.2 Å². The molecule has 0 aliphatic carbocycles. The molecule has 27 heavy (non-hydrogen) atoms. The van der Waals surface area contributed by atoms with E-state index in [4.69, 9.17) is 9.47 Å². The Morgan fingerprint density at radius 2 is 1.89 bits per heavy atom. The SMILES string of the molecule is COCc1nc(OC)c2c(C)c(C(=O)NNC(=O)c3ccc(Br)s3)sc2n1. The molecule has 0 aliphatic heterocycles. The number of hydrazine groups is 1. The Balaban J connectivity index is 1.84. The second-order valence-corrected chi connectivity index (χ2v) is 8.79. The van der Waals surface area contributed by atoms with Crippen LogP contribution in [0.1, 0.15) is 30.7 Å². The fourth-order valence-electron chi connectivity index (χ4n) is 2.37. The summed E-state index contributed by atoms with van der Waals surface area (Å²) in [7, 11) is 3.06. The first-order chi connectivity index (χ1) is 12.9. The van der Waals surface area contributed by atoms with Gasteiger partial charge in [-0.1, -0.05) is 0 Å². The van der Waals surface area contributed by atoms with Crippen molar-refractivity contribution in [2.75, 3.05) is 14.2 Å². The number of aromatic nitrogens is 2. The first-order valence-corrected chi connectivity index (χ1v) is 10.1. The predicted molar refractivity (Wildman–Crippen MR) is 106 cm³/mol. The normalized spacial score (nSPS) is 10.8. The van der Waals surface area contributed by atoms with Crippen LogP contribution in [0.25, 0.3) is 10.2 Å². The molecular formula is C16H15BrN4O4S2. The van der Waals surface area contributed by atoms with Crippen LogP contribution >= 0.6 is 38.6 Å². The lowest BCUT2D eigenvalue weighted by atomic mass is 10.2. The number of rotatable bonds is 5. The van der Waals surface area contributed by atoms with Crippen LogP contribution < -0.4 is 15.6 Å². The van der Waals surface area contributed by atoms with Gasteiger partial charge in [-0.2, -0.15) is 4.98 Å². The van der Waals surface area contributed by atoms with Gasteiger partial charge in [-0.15, -0.1) is 22.7 Å². The van der Waals surface area contributed by atoms with Crippen LogP contribution in [0.15, 0.2) is 15.9 Å². The summed E-state index contributed by atoms with van der Waals surface area (Å²) in [5, 5.41) is 0.668. The monoisotopic (exact) mass is 470 g/mol. The summed E-state index contributed by atoms with van der Waals surface area (Å²) in [6.45, 7) is 2.02. The third-order valence-corrected chi connectivity index (χ3v) is 6.37. The summed E-state index contributed by atoms with van der Waals surface area (Å²) in [4.78, 5) is 34.9. The molecule has 0 saturated heterocycles. The molecule has 0 spiro atoms. The zero-order valence-electron chi connectivity index (χ0n) is 14.6. The maximum atomic E-state index is 12.6. The summed E-state index contributed by atoms with van der Waals surface area (Å²) in [5.41, 5.74) is 5.53. The van der Waals surface area contributed by atoms with Crippen LogP contribution in [0.5, 0.6) is 5.88 Å². The summed E-state index contributed by atoms with van der Waals surface area (Å²) in [6, 6.07) is 3.43. The maximum absolute atomic E-state index is 12.6. The molecule has 3 aromatic rings. The van der Waals surface area contributed by atoms with Gasteiger partial charge in [0.2, 0.25) is 5.88 Å². The zero-order valence-corrected chi connectivity index (χ0v) is 17.8. The van der Waals surface area contributed by atoms with Crippen molar-refractivity contribution in [3.05, 3.63) is 37.1 Å². The molecule has 0 saturated carbocycles. The zero-order chi connectivity index (χ0) is 19.6. The Hall–Kier alpha value is -2.08. The number of nitrogens with zero attached hydrogens (tertiary/aromatic N) is 2. The van der Waals surface area contributed by atoms with E-state index < -0.39 is 11.8 Å². The van der Waals surface area contributed by atoms with Crippen molar-refractivity contribution in [2.24, 2.45) is 0 Å². The molecule has 3 heterocycles. The average molecular weight is 471 g/mol. The summed E-state index contributed by atoms with van der Waals surface area (Å²) >= 11 is 5.76. The van der Waals surface area contributed by atoms with Gasteiger partial charge in [0.05, 0.1) is 26.0 Å². The number of nitrogens with one attached hydrogen (secondary N) is 2. The lowest BCUT2D eigenvalue weighted by Gasteiger charge is -2.06. The average Bonchev–Trinajstić information content (AvgIpc) is 3.23. The van der Waals surface area contributed by atoms with Crippen molar-refractivity contribution < 1.29 is 19.1 Å². The maximum Gasteiger partial charge on any atom is 0.280 e.